The predicted molar refractivity (Wildman–Crippen MR) is 105 cm³/mol. The molecule has 0 aliphatic carbocycles. The van der Waals surface area contributed by atoms with Crippen LogP contribution in [-0.2, 0) is 19.6 Å². The van der Waals surface area contributed by atoms with Gasteiger partial charge >= 0.3 is 0 Å². The van der Waals surface area contributed by atoms with Crippen LogP contribution < -0.4 is 14.4 Å². The predicted octanol–water partition coefficient (Wildman–Crippen LogP) is 0.952. The Morgan fingerprint density at radius 1 is 1.41 bits per heavy atom. The van der Waals surface area contributed by atoms with E-state index in [9.17, 15) is 13.2 Å². The summed E-state index contributed by atoms with van der Waals surface area (Å²) in [6.45, 7) is 5.69. The van der Waals surface area contributed by atoms with Crippen molar-refractivity contribution in [2.24, 2.45) is 0 Å². The third-order valence-electron chi connectivity index (χ3n) is 4.31. The summed E-state index contributed by atoms with van der Waals surface area (Å²) in [5.74, 6) is 0.0529. The monoisotopic (exact) mass is 419 g/mol. The molecular weight excluding hydrogens is 394 g/mol. The fourth-order valence-corrected chi connectivity index (χ4v) is 4.33. The van der Waals surface area contributed by atoms with E-state index in [1.165, 1.54) is 13.2 Å². The lowest BCUT2D eigenvalue weighted by Crippen LogP contribution is -2.49. The van der Waals surface area contributed by atoms with Crippen LogP contribution in [0.1, 0.15) is 6.92 Å². The van der Waals surface area contributed by atoms with Gasteiger partial charge in [-0.25, -0.2) is 8.42 Å². The molecule has 0 bridgehead atoms. The van der Waals surface area contributed by atoms with Gasteiger partial charge < -0.3 is 14.8 Å². The largest absolute Gasteiger partial charge is 0.495 e. The highest BCUT2D eigenvalue weighted by molar-refractivity contribution is 7.92. The SMILES string of the molecule is COc1ccc(N([C@H](C)C(=O)NCCN2CCOCC2)S(C)(=O)=O)cc1Cl. The molecule has 27 heavy (non-hydrogen) atoms. The molecule has 1 aliphatic heterocycles. The highest BCUT2D eigenvalue weighted by Crippen LogP contribution is 2.31. The van der Waals surface area contributed by atoms with E-state index in [4.69, 9.17) is 21.1 Å². The Hall–Kier alpha value is -1.55. The smallest absolute Gasteiger partial charge is 0.243 e. The number of rotatable bonds is 8. The van der Waals surface area contributed by atoms with Gasteiger partial charge in [-0.15, -0.1) is 0 Å². The third-order valence-corrected chi connectivity index (χ3v) is 5.85. The highest BCUT2D eigenvalue weighted by Gasteiger charge is 2.29. The summed E-state index contributed by atoms with van der Waals surface area (Å²) in [6, 6.07) is 3.68. The van der Waals surface area contributed by atoms with Crippen LogP contribution in [-0.4, -0.2) is 78.0 Å². The molecule has 0 unspecified atom stereocenters. The molecule has 10 heteroatoms. The van der Waals surface area contributed by atoms with Crippen molar-refractivity contribution in [2.75, 3.05) is 57.1 Å². The van der Waals surface area contributed by atoms with E-state index in [1.54, 1.807) is 19.1 Å². The second-order valence-corrected chi connectivity index (χ2v) is 8.57. The molecule has 8 nitrogen and oxygen atoms in total. The van der Waals surface area contributed by atoms with Crippen LogP contribution in [0.25, 0.3) is 0 Å². The quantitative estimate of drug-likeness (QED) is 0.675. The van der Waals surface area contributed by atoms with Crippen LogP contribution in [0.15, 0.2) is 18.2 Å². The third kappa shape index (κ3) is 5.97. The maximum absolute atomic E-state index is 12.5. The average Bonchev–Trinajstić information content (AvgIpc) is 2.61. The summed E-state index contributed by atoms with van der Waals surface area (Å²) < 4.78 is 36.1. The Morgan fingerprint density at radius 2 is 2.07 bits per heavy atom. The number of nitrogens with zero attached hydrogens (tertiary/aromatic N) is 2. The highest BCUT2D eigenvalue weighted by atomic mass is 35.5. The van der Waals surface area contributed by atoms with Gasteiger partial charge in [-0.05, 0) is 25.1 Å². The minimum absolute atomic E-state index is 0.267. The number of methoxy groups -OCH3 is 1. The molecule has 1 aromatic carbocycles. The van der Waals surface area contributed by atoms with Crippen LogP contribution in [0.3, 0.4) is 0 Å². The molecule has 1 aromatic rings. The van der Waals surface area contributed by atoms with Crippen LogP contribution >= 0.6 is 11.6 Å². The van der Waals surface area contributed by atoms with Gasteiger partial charge in [-0.1, -0.05) is 11.6 Å². The first-order valence-electron chi connectivity index (χ1n) is 8.65. The van der Waals surface area contributed by atoms with Crippen molar-refractivity contribution >= 4 is 33.2 Å². The molecule has 1 aliphatic rings. The molecule has 0 aromatic heterocycles. The molecule has 1 fully saturated rings. The maximum Gasteiger partial charge on any atom is 0.243 e. The van der Waals surface area contributed by atoms with Crippen LogP contribution in [0, 0.1) is 0 Å². The fourth-order valence-electron chi connectivity index (χ4n) is 2.91. The maximum atomic E-state index is 12.5. The van der Waals surface area contributed by atoms with Crippen molar-refractivity contribution in [1.29, 1.82) is 0 Å². The van der Waals surface area contributed by atoms with E-state index in [-0.39, 0.29) is 10.9 Å². The zero-order valence-electron chi connectivity index (χ0n) is 15.8. The summed E-state index contributed by atoms with van der Waals surface area (Å²) in [5.41, 5.74) is 0.305. The first-order chi connectivity index (χ1) is 12.7. The lowest BCUT2D eigenvalue weighted by molar-refractivity contribution is -0.121. The van der Waals surface area contributed by atoms with Crippen LogP contribution in [0.4, 0.5) is 5.69 Å². The molecule has 152 valence electrons. The van der Waals surface area contributed by atoms with Gasteiger partial charge in [-0.2, -0.15) is 0 Å². The standard InChI is InChI=1S/C17H26ClN3O5S/c1-13(17(22)19-6-7-20-8-10-26-11-9-20)21(27(3,23)24)14-4-5-16(25-2)15(18)12-14/h4-5,12-13H,6-11H2,1-3H3,(H,19,22)/t13-/m1/s1. The van der Waals surface area contributed by atoms with Crippen LogP contribution in [0.2, 0.25) is 5.02 Å². The number of carbonyl (C=O) groups is 1. The summed E-state index contributed by atoms with van der Waals surface area (Å²) in [5, 5.41) is 3.07. The number of anilines is 1. The van der Waals surface area contributed by atoms with E-state index in [2.05, 4.69) is 10.2 Å². The fraction of sp³-hybridized carbons (Fsp3) is 0.588. The number of carbonyl (C=O) groups excluding carboxylic acids is 1. The molecule has 0 radical (unpaired) electrons. The van der Waals surface area contributed by atoms with E-state index in [1.807, 2.05) is 0 Å². The van der Waals surface area contributed by atoms with E-state index in [0.717, 1.165) is 23.7 Å². The molecule has 0 saturated carbocycles. The van der Waals surface area contributed by atoms with Crippen molar-refractivity contribution in [3.8, 4) is 5.75 Å². The van der Waals surface area contributed by atoms with Gasteiger partial charge in [0.1, 0.15) is 11.8 Å². The number of hydrogen-bond acceptors (Lipinski definition) is 6. The number of hydrogen-bond donors (Lipinski definition) is 1. The lowest BCUT2D eigenvalue weighted by atomic mass is 10.2. The number of amides is 1. The Kier molecular flexibility index (Phi) is 7.72. The number of halogens is 1. The summed E-state index contributed by atoms with van der Waals surface area (Å²) in [7, 11) is -2.23. The molecule has 0 spiro atoms. The van der Waals surface area contributed by atoms with Gasteiger partial charge in [0.05, 0.1) is 37.3 Å². The zero-order valence-corrected chi connectivity index (χ0v) is 17.3. The van der Waals surface area contributed by atoms with Crippen molar-refractivity contribution in [2.45, 2.75) is 13.0 Å². The zero-order chi connectivity index (χ0) is 20.0. The molecule has 2 rings (SSSR count). The Bertz CT molecular complexity index is 753. The summed E-state index contributed by atoms with van der Waals surface area (Å²) in [6.07, 6.45) is 1.06. The first-order valence-corrected chi connectivity index (χ1v) is 10.9. The lowest BCUT2D eigenvalue weighted by Gasteiger charge is -2.29. The number of morpholine rings is 1. The number of benzene rings is 1. The molecule has 1 atom stereocenters. The van der Waals surface area contributed by atoms with Gasteiger partial charge in [0.2, 0.25) is 15.9 Å². The molecular formula is C17H26ClN3O5S. The number of ether oxygens (including phenoxy) is 2. The van der Waals surface area contributed by atoms with Crippen molar-refractivity contribution in [1.82, 2.24) is 10.2 Å². The second-order valence-electron chi connectivity index (χ2n) is 6.30. The molecule has 1 saturated heterocycles. The van der Waals surface area contributed by atoms with Crippen molar-refractivity contribution < 1.29 is 22.7 Å². The van der Waals surface area contributed by atoms with E-state index < -0.39 is 16.1 Å². The average molecular weight is 420 g/mol. The Balaban J connectivity index is 2.06. The van der Waals surface area contributed by atoms with Crippen LogP contribution in [0.5, 0.6) is 5.75 Å². The first kappa shape index (κ1) is 21.7. The minimum Gasteiger partial charge on any atom is -0.495 e. The Labute approximate surface area is 165 Å². The molecule has 1 amide bonds. The normalized spacial score (nSPS) is 16.6. The van der Waals surface area contributed by atoms with Gasteiger partial charge in [-0.3, -0.25) is 14.0 Å². The van der Waals surface area contributed by atoms with Gasteiger partial charge in [0.25, 0.3) is 0 Å². The van der Waals surface area contributed by atoms with Crippen molar-refractivity contribution in [3.05, 3.63) is 23.2 Å². The van der Waals surface area contributed by atoms with Crippen molar-refractivity contribution in [3.63, 3.8) is 0 Å². The Morgan fingerprint density at radius 3 is 2.63 bits per heavy atom. The molecule has 1 N–H and O–H groups in total. The second kappa shape index (κ2) is 9.59. The minimum atomic E-state index is -3.70. The number of sulfonamides is 1. The number of nitrogens with one attached hydrogen (secondary N) is 1. The summed E-state index contributed by atoms with van der Waals surface area (Å²) in [4.78, 5) is 14.7. The van der Waals surface area contributed by atoms with Gasteiger partial charge in [0.15, 0.2) is 0 Å². The van der Waals surface area contributed by atoms with Gasteiger partial charge in [0, 0.05) is 26.2 Å². The van der Waals surface area contributed by atoms with E-state index in [0.29, 0.717) is 37.7 Å². The summed E-state index contributed by atoms with van der Waals surface area (Å²) >= 11 is 6.11. The molecule has 1 heterocycles. The topological polar surface area (TPSA) is 88.2 Å². The van der Waals surface area contributed by atoms with E-state index >= 15 is 0 Å².